The summed E-state index contributed by atoms with van der Waals surface area (Å²) in [5.41, 5.74) is 1.06. The van der Waals surface area contributed by atoms with E-state index in [1.54, 1.807) is 0 Å². The van der Waals surface area contributed by atoms with Crippen LogP contribution >= 0.6 is 15.9 Å². The predicted octanol–water partition coefficient (Wildman–Crippen LogP) is 4.15. The van der Waals surface area contributed by atoms with E-state index in [-0.39, 0.29) is 17.3 Å². The summed E-state index contributed by atoms with van der Waals surface area (Å²) in [4.78, 5) is 14.6. The smallest absolute Gasteiger partial charge is 0.310 e. The van der Waals surface area contributed by atoms with Gasteiger partial charge in [-0.15, -0.1) is 0 Å². The first-order valence-corrected chi connectivity index (χ1v) is 9.86. The van der Waals surface area contributed by atoms with Gasteiger partial charge in [0.05, 0.1) is 12.5 Å². The summed E-state index contributed by atoms with van der Waals surface area (Å²) < 4.78 is 12.5. The first kappa shape index (κ1) is 18.7. The van der Waals surface area contributed by atoms with Gasteiger partial charge in [0, 0.05) is 22.0 Å². The fraction of sp³-hybridized carbons (Fsp3) is 0.650. The number of fused-ring (bicyclic) bond motifs is 2. The van der Waals surface area contributed by atoms with Gasteiger partial charge in [0.2, 0.25) is 0 Å². The van der Waals surface area contributed by atoms with Crippen LogP contribution in [0.15, 0.2) is 22.7 Å². The van der Waals surface area contributed by atoms with Crippen LogP contribution in [-0.4, -0.2) is 42.7 Å². The van der Waals surface area contributed by atoms with Crippen LogP contribution in [0.1, 0.15) is 46.1 Å². The van der Waals surface area contributed by atoms with Crippen molar-refractivity contribution in [3.8, 4) is 5.75 Å². The van der Waals surface area contributed by atoms with E-state index in [0.717, 1.165) is 49.3 Å². The van der Waals surface area contributed by atoms with Crippen molar-refractivity contribution in [3.63, 3.8) is 0 Å². The lowest BCUT2D eigenvalue weighted by Crippen LogP contribution is -2.46. The highest BCUT2D eigenvalue weighted by atomic mass is 79.9. The van der Waals surface area contributed by atoms with E-state index in [4.69, 9.17) is 9.47 Å². The van der Waals surface area contributed by atoms with Gasteiger partial charge in [0.15, 0.2) is 0 Å². The van der Waals surface area contributed by atoms with Crippen LogP contribution in [0.5, 0.6) is 5.75 Å². The van der Waals surface area contributed by atoms with Crippen molar-refractivity contribution in [1.29, 1.82) is 0 Å². The number of hydrogen-bond acceptors (Lipinski definition) is 4. The third-order valence-electron chi connectivity index (χ3n) is 5.17. The lowest BCUT2D eigenvalue weighted by molar-refractivity contribution is -0.160. The molecule has 1 aromatic rings. The minimum atomic E-state index is -0.420. The fourth-order valence-electron chi connectivity index (χ4n) is 3.79. The lowest BCUT2D eigenvalue weighted by atomic mass is 9.74. The number of rotatable bonds is 3. The van der Waals surface area contributed by atoms with E-state index in [9.17, 15) is 4.79 Å². The normalized spacial score (nSPS) is 20.8. The molecule has 3 rings (SSSR count). The maximum Gasteiger partial charge on any atom is 0.310 e. The third-order valence-corrected chi connectivity index (χ3v) is 5.67. The Bertz CT molecular complexity index is 645. The summed E-state index contributed by atoms with van der Waals surface area (Å²) in [7, 11) is 0. The third kappa shape index (κ3) is 4.20. The van der Waals surface area contributed by atoms with Crippen molar-refractivity contribution in [2.75, 3.05) is 26.2 Å². The van der Waals surface area contributed by atoms with Gasteiger partial charge in [-0.25, -0.2) is 0 Å². The number of ether oxygens (including phenoxy) is 2. The number of likely N-dealkylation sites (tertiary alicyclic amines) is 1. The summed E-state index contributed by atoms with van der Waals surface area (Å²) in [6.45, 7) is 11.2. The molecule has 1 atom stereocenters. The van der Waals surface area contributed by atoms with E-state index < -0.39 is 5.60 Å². The Morgan fingerprint density at radius 2 is 2.04 bits per heavy atom. The number of hydrogen-bond donors (Lipinski definition) is 0. The molecule has 1 saturated heterocycles. The van der Waals surface area contributed by atoms with Gasteiger partial charge in [-0.3, -0.25) is 4.79 Å². The second-order valence-corrected chi connectivity index (χ2v) is 9.36. The van der Waals surface area contributed by atoms with Crippen molar-refractivity contribution >= 4 is 21.9 Å². The van der Waals surface area contributed by atoms with Gasteiger partial charge in [-0.2, -0.15) is 0 Å². The summed E-state index contributed by atoms with van der Waals surface area (Å²) >= 11 is 3.52. The van der Waals surface area contributed by atoms with Gasteiger partial charge >= 0.3 is 5.97 Å². The molecule has 2 aliphatic rings. The Morgan fingerprint density at radius 1 is 1.36 bits per heavy atom. The first-order chi connectivity index (χ1) is 11.7. The summed E-state index contributed by atoms with van der Waals surface area (Å²) in [5, 5.41) is 0. The highest BCUT2D eigenvalue weighted by Crippen LogP contribution is 2.46. The van der Waals surface area contributed by atoms with Crippen LogP contribution in [0, 0.1) is 5.92 Å². The lowest BCUT2D eigenvalue weighted by Gasteiger charge is -2.39. The molecule has 2 aliphatic heterocycles. The molecule has 5 heteroatoms. The van der Waals surface area contributed by atoms with Gasteiger partial charge < -0.3 is 14.4 Å². The first-order valence-electron chi connectivity index (χ1n) is 9.07. The number of halogens is 1. The number of nitrogens with zero attached hydrogens (tertiary/aromatic N) is 1. The monoisotopic (exact) mass is 409 g/mol. The molecule has 1 aromatic carbocycles. The molecule has 0 aliphatic carbocycles. The SMILES string of the molecule is CC(CN1CCC2(CC1)COc1cc(Br)ccc12)C(=O)OC(C)(C)C. The van der Waals surface area contributed by atoms with Crippen LogP contribution < -0.4 is 4.74 Å². The summed E-state index contributed by atoms with van der Waals surface area (Å²) in [6.07, 6.45) is 2.14. The van der Waals surface area contributed by atoms with Crippen molar-refractivity contribution in [2.45, 2.75) is 51.6 Å². The Labute approximate surface area is 159 Å². The van der Waals surface area contributed by atoms with E-state index in [1.165, 1.54) is 5.56 Å². The summed E-state index contributed by atoms with van der Waals surface area (Å²) in [6, 6.07) is 6.37. The van der Waals surface area contributed by atoms with E-state index >= 15 is 0 Å². The van der Waals surface area contributed by atoms with Crippen LogP contribution in [0.25, 0.3) is 0 Å². The van der Waals surface area contributed by atoms with Crippen LogP contribution in [0.2, 0.25) is 0 Å². The number of esters is 1. The molecule has 1 fully saturated rings. The molecule has 1 unspecified atom stereocenters. The second-order valence-electron chi connectivity index (χ2n) is 8.44. The van der Waals surface area contributed by atoms with Gasteiger partial charge in [-0.1, -0.05) is 28.9 Å². The Balaban J connectivity index is 1.57. The Kier molecular flexibility index (Phi) is 5.18. The van der Waals surface area contributed by atoms with Crippen LogP contribution in [0.4, 0.5) is 0 Å². The molecule has 0 N–H and O–H groups in total. The van der Waals surface area contributed by atoms with Crippen molar-refractivity contribution in [1.82, 2.24) is 4.90 Å². The minimum Gasteiger partial charge on any atom is -0.492 e. The largest absolute Gasteiger partial charge is 0.492 e. The standard InChI is InChI=1S/C20H28BrNO3/c1-14(18(23)25-19(2,3)4)12-22-9-7-20(8-10-22)13-24-17-11-15(21)5-6-16(17)20/h5-6,11,14H,7-10,12-13H2,1-4H3. The zero-order chi connectivity index (χ0) is 18.2. The maximum absolute atomic E-state index is 12.2. The molecule has 0 radical (unpaired) electrons. The van der Waals surface area contributed by atoms with Crippen molar-refractivity contribution < 1.29 is 14.3 Å². The zero-order valence-corrected chi connectivity index (χ0v) is 17.2. The molecule has 4 nitrogen and oxygen atoms in total. The van der Waals surface area contributed by atoms with Gasteiger partial charge in [0.1, 0.15) is 11.4 Å². The van der Waals surface area contributed by atoms with E-state index in [0.29, 0.717) is 0 Å². The molecular formula is C20H28BrNO3. The number of benzene rings is 1. The van der Waals surface area contributed by atoms with Crippen LogP contribution in [0.3, 0.4) is 0 Å². The fourth-order valence-corrected chi connectivity index (χ4v) is 4.13. The Morgan fingerprint density at radius 3 is 2.68 bits per heavy atom. The van der Waals surface area contributed by atoms with Crippen LogP contribution in [-0.2, 0) is 14.9 Å². The second kappa shape index (κ2) is 6.92. The molecular weight excluding hydrogens is 382 g/mol. The molecule has 0 bridgehead atoms. The van der Waals surface area contributed by atoms with Crippen molar-refractivity contribution in [2.24, 2.45) is 5.92 Å². The molecule has 25 heavy (non-hydrogen) atoms. The molecule has 2 heterocycles. The number of piperidine rings is 1. The van der Waals surface area contributed by atoms with Crippen molar-refractivity contribution in [3.05, 3.63) is 28.2 Å². The number of carbonyl (C=O) groups is 1. The number of carbonyl (C=O) groups excluding carboxylic acids is 1. The van der Waals surface area contributed by atoms with Gasteiger partial charge in [0.25, 0.3) is 0 Å². The molecule has 0 saturated carbocycles. The quantitative estimate of drug-likeness (QED) is 0.702. The van der Waals surface area contributed by atoms with E-state index in [2.05, 4.69) is 39.0 Å². The molecule has 1 spiro atoms. The van der Waals surface area contributed by atoms with Gasteiger partial charge in [-0.05, 0) is 58.8 Å². The topological polar surface area (TPSA) is 38.8 Å². The summed E-state index contributed by atoms with van der Waals surface area (Å²) in [5.74, 6) is 0.813. The molecule has 138 valence electrons. The highest BCUT2D eigenvalue weighted by molar-refractivity contribution is 9.10. The zero-order valence-electron chi connectivity index (χ0n) is 15.6. The highest BCUT2D eigenvalue weighted by Gasteiger charge is 2.43. The average molecular weight is 410 g/mol. The molecule has 0 aromatic heterocycles. The minimum absolute atomic E-state index is 0.101. The molecule has 0 amide bonds. The van der Waals surface area contributed by atoms with E-state index in [1.807, 2.05) is 27.7 Å². The predicted molar refractivity (Wildman–Crippen MR) is 102 cm³/mol. The maximum atomic E-state index is 12.2. The Hall–Kier alpha value is -1.07. The average Bonchev–Trinajstić information content (AvgIpc) is 2.86.